The van der Waals surface area contributed by atoms with Crippen LogP contribution in [0.1, 0.15) is 24.5 Å². The lowest BCUT2D eigenvalue weighted by molar-refractivity contribution is -0.118. The average molecular weight is 248 g/mol. The zero-order valence-corrected chi connectivity index (χ0v) is 10.4. The summed E-state index contributed by atoms with van der Waals surface area (Å²) in [6.45, 7) is 2.18. The van der Waals surface area contributed by atoms with E-state index in [4.69, 9.17) is 11.6 Å². The first-order chi connectivity index (χ1) is 8.09. The van der Waals surface area contributed by atoms with Crippen LogP contribution in [-0.4, -0.2) is 11.9 Å². The lowest BCUT2D eigenvalue weighted by atomic mass is 9.66. The van der Waals surface area contributed by atoms with Crippen LogP contribution >= 0.6 is 11.6 Å². The molecule has 88 valence electrons. The molecule has 1 amide bonds. The summed E-state index contributed by atoms with van der Waals surface area (Å²) >= 11 is 6.03. The van der Waals surface area contributed by atoms with Crippen molar-refractivity contribution in [1.29, 1.82) is 0 Å². The van der Waals surface area contributed by atoms with Gasteiger partial charge in [-0.05, 0) is 49.1 Å². The van der Waals surface area contributed by atoms with E-state index in [9.17, 15) is 4.79 Å². The molecule has 1 heterocycles. The van der Waals surface area contributed by atoms with E-state index in [0.717, 1.165) is 17.9 Å². The molecule has 2 aliphatic rings. The van der Waals surface area contributed by atoms with Crippen molar-refractivity contribution in [2.24, 2.45) is 0 Å². The summed E-state index contributed by atoms with van der Waals surface area (Å²) in [6.07, 6.45) is 5.62. The minimum Gasteiger partial charge on any atom is -0.349 e. The number of halogens is 1. The quantitative estimate of drug-likeness (QED) is 0.750. The van der Waals surface area contributed by atoms with Gasteiger partial charge >= 0.3 is 0 Å². The molecule has 3 heteroatoms. The number of carbonyl (C=O) groups is 1. The Bertz CT molecular complexity index is 523. The molecule has 17 heavy (non-hydrogen) atoms. The molecule has 0 unspecified atom stereocenters. The smallest absolute Gasteiger partial charge is 0.243 e. The second kappa shape index (κ2) is 3.61. The Morgan fingerprint density at radius 1 is 1.47 bits per heavy atom. The number of nitrogens with one attached hydrogen (secondary N) is 1. The van der Waals surface area contributed by atoms with Crippen LogP contribution in [0.5, 0.6) is 0 Å². The molecule has 1 N–H and O–H groups in total. The molecule has 0 saturated heterocycles. The number of rotatable bonds is 0. The lowest BCUT2D eigenvalue weighted by Gasteiger charge is -2.43. The molecule has 1 aliphatic carbocycles. The summed E-state index contributed by atoms with van der Waals surface area (Å²) in [4.78, 5) is 11.4. The van der Waals surface area contributed by atoms with Crippen molar-refractivity contribution in [2.75, 3.05) is 0 Å². The van der Waals surface area contributed by atoms with Crippen molar-refractivity contribution in [3.05, 3.63) is 46.5 Å². The molecule has 1 aromatic rings. The first-order valence-electron chi connectivity index (χ1n) is 5.88. The summed E-state index contributed by atoms with van der Waals surface area (Å²) in [5.74, 6) is 0.0184. The summed E-state index contributed by atoms with van der Waals surface area (Å²) in [7, 11) is 0. The van der Waals surface area contributed by atoms with Crippen LogP contribution in [0, 0.1) is 0 Å². The minimum atomic E-state index is -0.0912. The molecule has 1 aliphatic heterocycles. The molecule has 0 bridgehead atoms. The number of amides is 1. The molecular weight excluding hydrogens is 234 g/mol. The van der Waals surface area contributed by atoms with Crippen molar-refractivity contribution >= 4 is 17.5 Å². The Balaban J connectivity index is 2.15. The first kappa shape index (κ1) is 10.8. The number of carbonyl (C=O) groups excluding carboxylic acids is 1. The maximum atomic E-state index is 11.4. The fourth-order valence-corrected chi connectivity index (χ4v) is 3.17. The normalized spacial score (nSPS) is 30.5. The first-order valence-corrected chi connectivity index (χ1v) is 6.26. The van der Waals surface area contributed by atoms with Gasteiger partial charge in [0, 0.05) is 16.5 Å². The summed E-state index contributed by atoms with van der Waals surface area (Å²) < 4.78 is 0. The topological polar surface area (TPSA) is 29.1 Å². The predicted octanol–water partition coefficient (Wildman–Crippen LogP) is 2.60. The van der Waals surface area contributed by atoms with E-state index in [0.29, 0.717) is 0 Å². The van der Waals surface area contributed by atoms with E-state index < -0.39 is 0 Å². The van der Waals surface area contributed by atoms with Gasteiger partial charge in [0.05, 0.1) is 0 Å². The van der Waals surface area contributed by atoms with Gasteiger partial charge in [0.25, 0.3) is 0 Å². The number of hydrogen-bond acceptors (Lipinski definition) is 1. The highest BCUT2D eigenvalue weighted by Gasteiger charge is 2.41. The van der Waals surface area contributed by atoms with Gasteiger partial charge in [0.15, 0.2) is 0 Å². The highest BCUT2D eigenvalue weighted by atomic mass is 35.5. The SMILES string of the molecule is C[C@@]12C=CC(=O)N[C@H]1CCc1cc(Cl)ccc12. The molecule has 2 nitrogen and oxygen atoms in total. The molecule has 0 aromatic heterocycles. The lowest BCUT2D eigenvalue weighted by Crippen LogP contribution is -2.53. The van der Waals surface area contributed by atoms with Gasteiger partial charge in [-0.15, -0.1) is 0 Å². The molecule has 0 spiro atoms. The second-order valence-corrected chi connectivity index (χ2v) is 5.45. The van der Waals surface area contributed by atoms with E-state index in [2.05, 4.69) is 18.3 Å². The van der Waals surface area contributed by atoms with Crippen molar-refractivity contribution < 1.29 is 4.79 Å². The van der Waals surface area contributed by atoms with Crippen LogP contribution in [0.2, 0.25) is 5.02 Å². The fraction of sp³-hybridized carbons (Fsp3) is 0.357. The van der Waals surface area contributed by atoms with Gasteiger partial charge in [-0.2, -0.15) is 0 Å². The number of benzene rings is 1. The van der Waals surface area contributed by atoms with Crippen molar-refractivity contribution in [3.8, 4) is 0 Å². The number of aryl methyl sites for hydroxylation is 1. The predicted molar refractivity (Wildman–Crippen MR) is 68.2 cm³/mol. The zero-order chi connectivity index (χ0) is 12.0. The monoisotopic (exact) mass is 247 g/mol. The zero-order valence-electron chi connectivity index (χ0n) is 9.66. The molecular formula is C14H14ClNO. The largest absolute Gasteiger partial charge is 0.349 e. The highest BCUT2D eigenvalue weighted by molar-refractivity contribution is 6.30. The van der Waals surface area contributed by atoms with Gasteiger partial charge < -0.3 is 5.32 Å². The van der Waals surface area contributed by atoms with Crippen LogP contribution in [-0.2, 0) is 16.6 Å². The summed E-state index contributed by atoms with van der Waals surface area (Å²) in [6, 6.07) is 6.26. The van der Waals surface area contributed by atoms with Crippen LogP contribution in [0.15, 0.2) is 30.4 Å². The Kier molecular flexibility index (Phi) is 2.30. The van der Waals surface area contributed by atoms with Crippen molar-refractivity contribution in [3.63, 3.8) is 0 Å². The van der Waals surface area contributed by atoms with E-state index in [-0.39, 0.29) is 17.4 Å². The average Bonchev–Trinajstić information content (AvgIpc) is 2.30. The Morgan fingerprint density at radius 3 is 3.12 bits per heavy atom. The van der Waals surface area contributed by atoms with Crippen LogP contribution < -0.4 is 5.32 Å². The van der Waals surface area contributed by atoms with E-state index >= 15 is 0 Å². The standard InChI is InChI=1S/C14H14ClNO/c1-14-7-6-13(17)16-12(14)5-2-9-8-10(15)3-4-11(9)14/h3-4,6-8,12H,2,5H2,1H3,(H,16,17)/t12-,14-/m0/s1. The highest BCUT2D eigenvalue weighted by Crippen LogP contribution is 2.40. The summed E-state index contributed by atoms with van der Waals surface area (Å²) in [5, 5.41) is 3.84. The third-order valence-electron chi connectivity index (χ3n) is 3.97. The Hall–Kier alpha value is -1.28. The molecule has 0 radical (unpaired) electrons. The summed E-state index contributed by atoms with van der Waals surface area (Å²) in [5.41, 5.74) is 2.50. The fourth-order valence-electron chi connectivity index (χ4n) is 2.98. The number of hydrogen-bond donors (Lipinski definition) is 1. The third-order valence-corrected chi connectivity index (χ3v) is 4.21. The van der Waals surface area contributed by atoms with Crippen LogP contribution in [0.3, 0.4) is 0 Å². The Labute approximate surface area is 106 Å². The van der Waals surface area contributed by atoms with Crippen molar-refractivity contribution in [2.45, 2.75) is 31.2 Å². The number of fused-ring (bicyclic) bond motifs is 3. The Morgan fingerprint density at radius 2 is 2.29 bits per heavy atom. The molecule has 1 aromatic carbocycles. The molecule has 3 rings (SSSR count). The van der Waals surface area contributed by atoms with Crippen LogP contribution in [0.4, 0.5) is 0 Å². The maximum Gasteiger partial charge on any atom is 0.243 e. The molecule has 0 fully saturated rings. The van der Waals surface area contributed by atoms with Gasteiger partial charge in [-0.25, -0.2) is 0 Å². The van der Waals surface area contributed by atoms with Gasteiger partial charge in [-0.3, -0.25) is 4.79 Å². The van der Waals surface area contributed by atoms with E-state index in [1.54, 1.807) is 6.08 Å². The van der Waals surface area contributed by atoms with Gasteiger partial charge in [0.2, 0.25) is 5.91 Å². The molecule has 2 atom stereocenters. The van der Waals surface area contributed by atoms with Gasteiger partial charge in [-0.1, -0.05) is 23.7 Å². The van der Waals surface area contributed by atoms with Crippen LogP contribution in [0.25, 0.3) is 0 Å². The maximum absolute atomic E-state index is 11.4. The third kappa shape index (κ3) is 1.59. The van der Waals surface area contributed by atoms with Crippen molar-refractivity contribution in [1.82, 2.24) is 5.32 Å². The molecule has 0 saturated carbocycles. The second-order valence-electron chi connectivity index (χ2n) is 5.02. The van der Waals surface area contributed by atoms with E-state index in [1.807, 2.05) is 18.2 Å². The minimum absolute atomic E-state index is 0.0184. The van der Waals surface area contributed by atoms with Gasteiger partial charge in [0.1, 0.15) is 0 Å². The van der Waals surface area contributed by atoms with E-state index in [1.165, 1.54) is 11.1 Å².